The number of amides is 1. The fraction of sp³-hybridized carbons (Fsp3) is 0.645. The van der Waals surface area contributed by atoms with Crippen molar-refractivity contribution in [2.75, 3.05) is 57.6 Å². The lowest BCUT2D eigenvalue weighted by Gasteiger charge is -2.50. The third-order valence-electron chi connectivity index (χ3n) is 7.97. The third kappa shape index (κ3) is 10.4. The number of alkyl halides is 1. The molecule has 1 atom stereocenters. The van der Waals surface area contributed by atoms with Crippen LogP contribution in [0.1, 0.15) is 71.3 Å². The van der Waals surface area contributed by atoms with Crippen LogP contribution in [-0.4, -0.2) is 96.0 Å². The highest BCUT2D eigenvalue weighted by atomic mass is 35.5. The molecule has 1 unspecified atom stereocenters. The fourth-order valence-electron chi connectivity index (χ4n) is 5.63. The molecule has 1 aromatic rings. The Bertz CT molecular complexity index is 987. The van der Waals surface area contributed by atoms with Crippen LogP contribution >= 0.6 is 23.2 Å². The summed E-state index contributed by atoms with van der Waals surface area (Å²) in [6.07, 6.45) is 16.5. The summed E-state index contributed by atoms with van der Waals surface area (Å²) in [5, 5.41) is 3.54. The van der Waals surface area contributed by atoms with Crippen LogP contribution in [0.4, 0.5) is 5.82 Å². The molecule has 3 N–H and O–H groups in total. The van der Waals surface area contributed by atoms with E-state index >= 15 is 0 Å². The Balaban J connectivity index is 0.00000201. The molecule has 2 fully saturated rings. The van der Waals surface area contributed by atoms with Gasteiger partial charge in [-0.1, -0.05) is 36.8 Å². The summed E-state index contributed by atoms with van der Waals surface area (Å²) in [7, 11) is 1.50. The molecule has 10 heteroatoms. The van der Waals surface area contributed by atoms with Crippen LogP contribution in [0.25, 0.3) is 0 Å². The van der Waals surface area contributed by atoms with Crippen LogP contribution in [0.15, 0.2) is 47.3 Å². The van der Waals surface area contributed by atoms with Crippen molar-refractivity contribution in [3.63, 3.8) is 0 Å². The van der Waals surface area contributed by atoms with E-state index in [1.807, 2.05) is 26.0 Å². The third-order valence-corrected chi connectivity index (χ3v) is 8.32. The summed E-state index contributed by atoms with van der Waals surface area (Å²) in [6, 6.07) is 1.09. The van der Waals surface area contributed by atoms with Crippen LogP contribution < -0.4 is 16.0 Å². The van der Waals surface area contributed by atoms with E-state index in [4.69, 9.17) is 11.6 Å². The van der Waals surface area contributed by atoms with Gasteiger partial charge in [-0.2, -0.15) is 0 Å². The lowest BCUT2D eigenvalue weighted by Crippen LogP contribution is -2.60. The lowest BCUT2D eigenvalue weighted by molar-refractivity contribution is 0.0375. The van der Waals surface area contributed by atoms with Crippen molar-refractivity contribution in [2.24, 2.45) is 5.73 Å². The summed E-state index contributed by atoms with van der Waals surface area (Å²) in [6.45, 7) is 18.5. The second-order valence-corrected chi connectivity index (χ2v) is 10.8. The first-order valence-corrected chi connectivity index (χ1v) is 15.9. The molecule has 2 aliphatic heterocycles. The molecule has 0 aliphatic carbocycles. The maximum absolute atomic E-state index is 12.0. The van der Waals surface area contributed by atoms with E-state index in [1.54, 1.807) is 12.4 Å². The molecule has 0 saturated carbocycles. The van der Waals surface area contributed by atoms with Gasteiger partial charge in [0.15, 0.2) is 0 Å². The minimum atomic E-state index is -0.175. The zero-order valence-corrected chi connectivity index (χ0v) is 28.0. The molecule has 3 rings (SSSR count). The number of nitrogens with one attached hydrogen (secondary N) is 1. The highest BCUT2D eigenvalue weighted by Gasteiger charge is 2.37. The quantitative estimate of drug-likeness (QED) is 0.284. The number of anilines is 1. The van der Waals surface area contributed by atoms with Gasteiger partial charge in [-0.25, -0.2) is 9.97 Å². The van der Waals surface area contributed by atoms with Crippen LogP contribution in [0.2, 0.25) is 0 Å². The average Bonchev–Trinajstić information content (AvgIpc) is 3.03. The Kier molecular flexibility index (Phi) is 17.4. The van der Waals surface area contributed by atoms with Gasteiger partial charge in [-0.3, -0.25) is 14.6 Å². The van der Waals surface area contributed by atoms with Crippen molar-refractivity contribution >= 4 is 34.9 Å². The summed E-state index contributed by atoms with van der Waals surface area (Å²) in [5.74, 6) is 0.680. The van der Waals surface area contributed by atoms with Crippen LogP contribution in [0, 0.1) is 0 Å². The van der Waals surface area contributed by atoms with Gasteiger partial charge in [-0.15, -0.1) is 11.6 Å². The predicted molar refractivity (Wildman–Crippen MR) is 176 cm³/mol. The van der Waals surface area contributed by atoms with Crippen LogP contribution in [0.3, 0.4) is 0 Å². The summed E-state index contributed by atoms with van der Waals surface area (Å²) < 4.78 is 0. The van der Waals surface area contributed by atoms with Gasteiger partial charge in [0.25, 0.3) is 5.91 Å². The summed E-state index contributed by atoms with van der Waals surface area (Å²) >= 11 is 10.9. The number of rotatable bonds is 9. The molecule has 1 aromatic heterocycles. The molecule has 8 nitrogen and oxygen atoms in total. The minimum Gasteiger partial charge on any atom is -0.352 e. The van der Waals surface area contributed by atoms with Crippen molar-refractivity contribution in [1.82, 2.24) is 25.1 Å². The number of nitrogens with two attached hydrogens (primary N) is 1. The number of halogens is 2. The number of nitrogens with zero attached hydrogens (tertiary/aromatic N) is 5. The average molecular weight is 611 g/mol. The van der Waals surface area contributed by atoms with E-state index in [1.165, 1.54) is 31.8 Å². The Morgan fingerprint density at radius 3 is 2.22 bits per heavy atom. The number of piperazine rings is 1. The normalized spacial score (nSPS) is 19.8. The van der Waals surface area contributed by atoms with Crippen LogP contribution in [-0.2, 0) is 0 Å². The first kappa shape index (κ1) is 37.1. The molecular formula is C31H53Cl2N7O. The Hall–Kier alpha value is -1.97. The highest BCUT2D eigenvalue weighted by molar-refractivity contribution is 6.31. The number of piperidine rings is 1. The van der Waals surface area contributed by atoms with E-state index in [0.29, 0.717) is 24.3 Å². The van der Waals surface area contributed by atoms with Gasteiger partial charge in [0.1, 0.15) is 11.5 Å². The Morgan fingerprint density at radius 2 is 1.71 bits per heavy atom. The van der Waals surface area contributed by atoms with Gasteiger partial charge in [0, 0.05) is 68.3 Å². The number of likely N-dealkylation sites (tertiary alicyclic amines) is 1. The Labute approximate surface area is 259 Å². The van der Waals surface area contributed by atoms with E-state index in [0.717, 1.165) is 50.0 Å². The molecule has 0 aromatic carbocycles. The standard InChI is InChI=1S/C29H45ClN6O.CH3Cl.CH5N/c1-7-22(11-12-23(30)8-2)29(5,6)35-15-13-25(14-16-35)36-18-17-34(21-24(36)9-3)27-20-32-26(19-33-27)28(37)31-10-4;2*1-2/h7-8,11-12,19-20,24-25H,9-10,13-18,21H2,1-6H3,(H,31,37);1H3;2H2,1H3/b12-11-,22-7+,23-8+;;. The van der Waals surface area contributed by atoms with Gasteiger partial charge >= 0.3 is 0 Å². The van der Waals surface area contributed by atoms with E-state index in [9.17, 15) is 4.79 Å². The second-order valence-electron chi connectivity index (χ2n) is 10.4. The van der Waals surface area contributed by atoms with Crippen LogP contribution in [0.5, 0.6) is 0 Å². The van der Waals surface area contributed by atoms with Crippen molar-refractivity contribution < 1.29 is 4.79 Å². The minimum absolute atomic E-state index is 0.0388. The summed E-state index contributed by atoms with van der Waals surface area (Å²) in [4.78, 5) is 28.6. The van der Waals surface area contributed by atoms with Gasteiger partial charge < -0.3 is 16.0 Å². The summed E-state index contributed by atoms with van der Waals surface area (Å²) in [5.41, 5.74) is 6.13. The lowest BCUT2D eigenvalue weighted by atomic mass is 9.87. The zero-order chi connectivity index (χ0) is 31.0. The van der Waals surface area contributed by atoms with Crippen molar-refractivity contribution in [2.45, 2.75) is 78.4 Å². The van der Waals surface area contributed by atoms with Crippen molar-refractivity contribution in [1.29, 1.82) is 0 Å². The van der Waals surface area contributed by atoms with Crippen molar-refractivity contribution in [3.8, 4) is 0 Å². The molecule has 3 heterocycles. The molecule has 0 radical (unpaired) electrons. The van der Waals surface area contributed by atoms with Gasteiger partial charge in [0.05, 0.1) is 12.4 Å². The maximum Gasteiger partial charge on any atom is 0.271 e. The van der Waals surface area contributed by atoms with Crippen molar-refractivity contribution in [3.05, 3.63) is 53.0 Å². The second kappa shape index (κ2) is 19.3. The Morgan fingerprint density at radius 1 is 1.05 bits per heavy atom. The molecule has 2 aliphatic rings. The largest absolute Gasteiger partial charge is 0.352 e. The molecule has 0 spiro atoms. The van der Waals surface area contributed by atoms with Gasteiger partial charge in [0.2, 0.25) is 0 Å². The molecule has 232 valence electrons. The molecule has 1 amide bonds. The first-order chi connectivity index (χ1) is 19.7. The molecule has 0 bridgehead atoms. The number of aromatic nitrogens is 2. The fourth-order valence-corrected chi connectivity index (χ4v) is 5.70. The monoisotopic (exact) mass is 609 g/mol. The number of carbonyl (C=O) groups excluding carboxylic acids is 1. The number of allylic oxidation sites excluding steroid dienone is 4. The first-order valence-electron chi connectivity index (χ1n) is 14.7. The SMILES string of the molecule is CCl.CN.C\C=C(Cl)/C=C\C(=C/C)C(C)(C)N1CCC(N2CCN(c3cnc(C(=O)NCC)cn3)CC2CC)CC1. The van der Waals surface area contributed by atoms with E-state index in [2.05, 4.69) is 87.2 Å². The number of hydrogen-bond acceptors (Lipinski definition) is 7. The molecular weight excluding hydrogens is 557 g/mol. The smallest absolute Gasteiger partial charge is 0.271 e. The number of hydrogen-bond donors (Lipinski definition) is 2. The predicted octanol–water partition coefficient (Wildman–Crippen LogP) is 5.44. The molecule has 2 saturated heterocycles. The number of carbonyl (C=O) groups is 1. The van der Waals surface area contributed by atoms with E-state index < -0.39 is 0 Å². The zero-order valence-electron chi connectivity index (χ0n) is 26.5. The maximum atomic E-state index is 12.0. The molecule has 41 heavy (non-hydrogen) atoms. The van der Waals surface area contributed by atoms with Gasteiger partial charge in [-0.05, 0) is 72.6 Å². The highest BCUT2D eigenvalue weighted by Crippen LogP contribution is 2.32. The van der Waals surface area contributed by atoms with E-state index in [-0.39, 0.29) is 11.4 Å². The topological polar surface area (TPSA) is 90.6 Å².